The summed E-state index contributed by atoms with van der Waals surface area (Å²) in [6.07, 6.45) is -1.37. The highest BCUT2D eigenvalue weighted by atomic mass is 32.2. The molecule has 0 fully saturated rings. The van der Waals surface area contributed by atoms with Crippen LogP contribution in [0.15, 0.2) is 0 Å². The lowest BCUT2D eigenvalue weighted by Gasteiger charge is -2.19. The molecular weight excluding hydrogens is 304 g/mol. The third-order valence-corrected chi connectivity index (χ3v) is 3.37. The molecule has 0 heterocycles. The normalized spacial score (nSPS) is 12.8. The minimum atomic E-state index is -4.24. The van der Waals surface area contributed by atoms with Crippen molar-refractivity contribution in [3.63, 3.8) is 0 Å². The Morgan fingerprint density at radius 2 is 1.81 bits per heavy atom. The monoisotopic (exact) mass is 324 g/mol. The van der Waals surface area contributed by atoms with Gasteiger partial charge in [-0.2, -0.15) is 13.1 Å². The highest BCUT2D eigenvalue weighted by Gasteiger charge is 2.26. The molecule has 10 heteroatoms. The second-order valence-electron chi connectivity index (χ2n) is 4.69. The SMILES string of the molecule is CC(=O)C(NS(=O)(=O)NC(=O)OCCCC(=O)O)C(C)C. The molecule has 0 aliphatic rings. The first-order valence-electron chi connectivity index (χ1n) is 6.24. The summed E-state index contributed by atoms with van der Waals surface area (Å²) >= 11 is 0. The minimum Gasteiger partial charge on any atom is -0.481 e. The van der Waals surface area contributed by atoms with Crippen LogP contribution in [0.5, 0.6) is 0 Å². The highest BCUT2D eigenvalue weighted by Crippen LogP contribution is 2.04. The number of carboxylic acids is 1. The number of ketones is 1. The number of carbonyl (C=O) groups is 3. The third-order valence-electron chi connectivity index (χ3n) is 2.37. The van der Waals surface area contributed by atoms with Gasteiger partial charge in [-0.05, 0) is 19.3 Å². The van der Waals surface area contributed by atoms with Crippen molar-refractivity contribution in [2.24, 2.45) is 5.92 Å². The second-order valence-corrected chi connectivity index (χ2v) is 6.14. The van der Waals surface area contributed by atoms with Gasteiger partial charge in [0.1, 0.15) is 5.78 Å². The summed E-state index contributed by atoms with van der Waals surface area (Å²) in [5.41, 5.74) is 0. The van der Waals surface area contributed by atoms with E-state index in [2.05, 4.69) is 4.74 Å². The molecule has 0 spiro atoms. The smallest absolute Gasteiger partial charge is 0.421 e. The molecule has 0 bridgehead atoms. The zero-order valence-electron chi connectivity index (χ0n) is 12.1. The Morgan fingerprint density at radius 3 is 2.24 bits per heavy atom. The number of nitrogens with one attached hydrogen (secondary N) is 2. The average molecular weight is 324 g/mol. The average Bonchev–Trinajstić information content (AvgIpc) is 2.30. The molecule has 0 aliphatic carbocycles. The van der Waals surface area contributed by atoms with E-state index in [-0.39, 0.29) is 31.1 Å². The molecule has 0 radical (unpaired) electrons. The minimum absolute atomic E-state index is 0.0678. The van der Waals surface area contributed by atoms with E-state index in [1.54, 1.807) is 18.6 Å². The van der Waals surface area contributed by atoms with Crippen LogP contribution < -0.4 is 9.44 Å². The predicted octanol–water partition coefficient (Wildman–Crippen LogP) is 0.0254. The van der Waals surface area contributed by atoms with Crippen molar-refractivity contribution >= 4 is 28.1 Å². The van der Waals surface area contributed by atoms with E-state index in [0.717, 1.165) is 0 Å². The van der Waals surface area contributed by atoms with Gasteiger partial charge in [-0.15, -0.1) is 0 Å². The van der Waals surface area contributed by atoms with Crippen molar-refractivity contribution in [3.8, 4) is 0 Å². The summed E-state index contributed by atoms with van der Waals surface area (Å²) in [6.45, 7) is 4.31. The van der Waals surface area contributed by atoms with Gasteiger partial charge in [0.05, 0.1) is 12.6 Å². The van der Waals surface area contributed by atoms with Gasteiger partial charge in [0.15, 0.2) is 0 Å². The second kappa shape index (κ2) is 8.57. The van der Waals surface area contributed by atoms with Crippen molar-refractivity contribution in [3.05, 3.63) is 0 Å². The van der Waals surface area contributed by atoms with Gasteiger partial charge < -0.3 is 9.84 Å². The van der Waals surface area contributed by atoms with Gasteiger partial charge in [-0.1, -0.05) is 13.8 Å². The van der Waals surface area contributed by atoms with Crippen LogP contribution in [0, 0.1) is 5.92 Å². The molecule has 21 heavy (non-hydrogen) atoms. The first-order chi connectivity index (χ1) is 9.55. The van der Waals surface area contributed by atoms with Crippen molar-refractivity contribution in [1.82, 2.24) is 9.44 Å². The Hall–Kier alpha value is -1.68. The van der Waals surface area contributed by atoms with Crippen LogP contribution >= 0.6 is 0 Å². The maximum Gasteiger partial charge on any atom is 0.421 e. The van der Waals surface area contributed by atoms with Crippen LogP contribution in [0.2, 0.25) is 0 Å². The number of amides is 1. The van der Waals surface area contributed by atoms with E-state index >= 15 is 0 Å². The lowest BCUT2D eigenvalue weighted by molar-refractivity contribution is -0.137. The Kier molecular flexibility index (Phi) is 7.89. The molecule has 9 nitrogen and oxygen atoms in total. The van der Waals surface area contributed by atoms with Gasteiger partial charge in [0.25, 0.3) is 0 Å². The summed E-state index contributed by atoms with van der Waals surface area (Å²) in [7, 11) is -4.24. The van der Waals surface area contributed by atoms with E-state index in [9.17, 15) is 22.8 Å². The Balaban J connectivity index is 4.36. The molecule has 122 valence electrons. The van der Waals surface area contributed by atoms with Gasteiger partial charge in [0.2, 0.25) is 0 Å². The van der Waals surface area contributed by atoms with Gasteiger partial charge in [-0.3, -0.25) is 9.59 Å². The molecule has 3 N–H and O–H groups in total. The number of carboxylic acid groups (broad SMARTS) is 1. The summed E-state index contributed by atoms with van der Waals surface area (Å²) in [6, 6.07) is -0.956. The molecule has 1 unspecified atom stereocenters. The van der Waals surface area contributed by atoms with Crippen LogP contribution in [0.1, 0.15) is 33.6 Å². The zero-order chi connectivity index (χ0) is 16.6. The number of hydrogen-bond donors (Lipinski definition) is 3. The first kappa shape index (κ1) is 19.3. The Morgan fingerprint density at radius 1 is 1.24 bits per heavy atom. The fraction of sp³-hybridized carbons (Fsp3) is 0.727. The summed E-state index contributed by atoms with van der Waals surface area (Å²) in [5, 5.41) is 8.37. The van der Waals surface area contributed by atoms with E-state index in [1.165, 1.54) is 6.92 Å². The van der Waals surface area contributed by atoms with Gasteiger partial charge in [-0.25, -0.2) is 9.52 Å². The van der Waals surface area contributed by atoms with Crippen LogP contribution in [-0.2, 0) is 24.5 Å². The molecule has 0 rings (SSSR count). The lowest BCUT2D eigenvalue weighted by Crippen LogP contribution is -2.49. The van der Waals surface area contributed by atoms with Crippen LogP contribution in [0.25, 0.3) is 0 Å². The first-order valence-corrected chi connectivity index (χ1v) is 7.72. The molecule has 0 aromatic rings. The third kappa shape index (κ3) is 8.97. The molecule has 0 saturated heterocycles. The van der Waals surface area contributed by atoms with E-state index < -0.39 is 28.3 Å². The Labute approximate surface area is 123 Å². The number of ether oxygens (including phenoxy) is 1. The number of Topliss-reactive ketones (excluding diaryl/α,β-unsaturated/α-hetero) is 1. The van der Waals surface area contributed by atoms with E-state index in [1.807, 2.05) is 4.72 Å². The lowest BCUT2D eigenvalue weighted by atomic mass is 10.0. The molecule has 0 aromatic heterocycles. The molecule has 0 aromatic carbocycles. The largest absolute Gasteiger partial charge is 0.481 e. The molecule has 1 amide bonds. The van der Waals surface area contributed by atoms with Crippen LogP contribution in [0.3, 0.4) is 0 Å². The van der Waals surface area contributed by atoms with Gasteiger partial charge >= 0.3 is 22.3 Å². The van der Waals surface area contributed by atoms with Crippen molar-refractivity contribution in [2.75, 3.05) is 6.61 Å². The summed E-state index contributed by atoms with van der Waals surface area (Å²) in [5.74, 6) is -1.72. The Bertz CT molecular complexity index is 487. The van der Waals surface area contributed by atoms with Gasteiger partial charge in [0, 0.05) is 6.42 Å². The van der Waals surface area contributed by atoms with E-state index in [4.69, 9.17) is 5.11 Å². The van der Waals surface area contributed by atoms with Crippen molar-refractivity contribution in [1.29, 1.82) is 0 Å². The maximum atomic E-state index is 11.6. The number of rotatable bonds is 9. The zero-order valence-corrected chi connectivity index (χ0v) is 12.9. The topological polar surface area (TPSA) is 139 Å². The maximum absolute atomic E-state index is 11.6. The van der Waals surface area contributed by atoms with Crippen molar-refractivity contribution in [2.45, 2.75) is 39.7 Å². The quantitative estimate of drug-likeness (QED) is 0.508. The molecular formula is C11H20N2O7S. The fourth-order valence-electron chi connectivity index (χ4n) is 1.41. The standard InChI is InChI=1S/C11H20N2O7S/c1-7(2)10(8(3)14)12-21(18,19)13-11(17)20-6-4-5-9(15)16/h7,10,12H,4-6H2,1-3H3,(H,13,17)(H,15,16). The highest BCUT2D eigenvalue weighted by molar-refractivity contribution is 7.88. The molecule has 0 saturated carbocycles. The number of carbonyl (C=O) groups excluding carboxylic acids is 2. The summed E-state index contributed by atoms with van der Waals surface area (Å²) < 4.78 is 31.4. The van der Waals surface area contributed by atoms with E-state index in [0.29, 0.717) is 0 Å². The van der Waals surface area contributed by atoms with Crippen LogP contribution in [0.4, 0.5) is 4.79 Å². The fourth-order valence-corrected chi connectivity index (χ4v) is 2.52. The number of aliphatic carboxylic acids is 1. The molecule has 1 atom stereocenters. The van der Waals surface area contributed by atoms with Crippen LogP contribution in [-0.4, -0.2) is 44.0 Å². The number of hydrogen-bond acceptors (Lipinski definition) is 6. The predicted molar refractivity (Wildman–Crippen MR) is 72.7 cm³/mol. The van der Waals surface area contributed by atoms with Crippen molar-refractivity contribution < 1.29 is 32.6 Å². The summed E-state index contributed by atoms with van der Waals surface area (Å²) in [4.78, 5) is 32.8. The molecule has 0 aliphatic heterocycles.